The van der Waals surface area contributed by atoms with E-state index in [2.05, 4.69) is 10.3 Å². The van der Waals surface area contributed by atoms with Crippen molar-refractivity contribution in [3.8, 4) is 11.5 Å². The van der Waals surface area contributed by atoms with Crippen LogP contribution in [-0.4, -0.2) is 41.7 Å². The highest BCUT2D eigenvalue weighted by molar-refractivity contribution is 8.00. The normalized spacial score (nSPS) is 19.6. The molecule has 11 heteroatoms. The molecule has 2 unspecified atom stereocenters. The molecule has 40 heavy (non-hydrogen) atoms. The summed E-state index contributed by atoms with van der Waals surface area (Å²) < 4.78 is 11.0. The third-order valence-electron chi connectivity index (χ3n) is 6.80. The van der Waals surface area contributed by atoms with Gasteiger partial charge in [0.1, 0.15) is 16.7 Å². The number of aromatic nitrogens is 1. The Morgan fingerprint density at radius 3 is 2.48 bits per heavy atom. The van der Waals surface area contributed by atoms with E-state index in [1.165, 1.54) is 16.7 Å². The number of hydrogen-bond donors (Lipinski definition) is 2. The fourth-order valence-corrected chi connectivity index (χ4v) is 7.54. The predicted molar refractivity (Wildman–Crippen MR) is 152 cm³/mol. The highest BCUT2D eigenvalue weighted by Crippen LogP contribution is 2.53. The maximum absolute atomic E-state index is 13.9. The monoisotopic (exact) mass is 573 g/mol. The van der Waals surface area contributed by atoms with E-state index in [0.717, 1.165) is 11.3 Å². The Labute approximate surface area is 237 Å². The number of rotatable bonds is 7. The largest absolute Gasteiger partial charge is 0.497 e. The van der Waals surface area contributed by atoms with E-state index >= 15 is 0 Å². The van der Waals surface area contributed by atoms with Crippen molar-refractivity contribution >= 4 is 52.2 Å². The molecule has 3 atom stereocenters. The Morgan fingerprint density at radius 1 is 0.950 bits per heavy atom. The lowest BCUT2D eigenvalue weighted by molar-refractivity contribution is -0.122. The smallest absolute Gasteiger partial charge is 0.305 e. The second-order valence-corrected chi connectivity index (χ2v) is 11.4. The average molecular weight is 574 g/mol. The third-order valence-corrected chi connectivity index (χ3v) is 9.20. The molecule has 202 valence electrons. The van der Waals surface area contributed by atoms with Crippen LogP contribution in [0.5, 0.6) is 11.5 Å². The van der Waals surface area contributed by atoms with Crippen molar-refractivity contribution in [2.24, 2.45) is 5.92 Å². The Kier molecular flexibility index (Phi) is 6.91. The summed E-state index contributed by atoms with van der Waals surface area (Å²) in [6.45, 7) is -0.212. The zero-order valence-electron chi connectivity index (χ0n) is 21.2. The molecule has 2 aliphatic heterocycles. The average Bonchev–Trinajstić information content (AvgIpc) is 3.46. The number of thiazole rings is 1. The summed E-state index contributed by atoms with van der Waals surface area (Å²) in [5.74, 6) is -1.22. The lowest BCUT2D eigenvalue weighted by Crippen LogP contribution is -2.32. The first-order valence-electron chi connectivity index (χ1n) is 12.4. The number of thioether (sulfide) groups is 1. The molecular weight excluding hydrogens is 550 g/mol. The van der Waals surface area contributed by atoms with Gasteiger partial charge in [0.15, 0.2) is 6.61 Å². The van der Waals surface area contributed by atoms with Gasteiger partial charge >= 0.3 is 4.87 Å². The molecule has 3 aromatic carbocycles. The van der Waals surface area contributed by atoms with E-state index in [9.17, 15) is 19.2 Å². The van der Waals surface area contributed by atoms with E-state index < -0.39 is 17.1 Å². The molecule has 1 fully saturated rings. The first-order valence-corrected chi connectivity index (χ1v) is 14.1. The number of benzene rings is 3. The summed E-state index contributed by atoms with van der Waals surface area (Å²) in [6, 6.07) is 22.9. The number of amides is 3. The van der Waals surface area contributed by atoms with Gasteiger partial charge in [0.05, 0.1) is 23.7 Å². The number of fused-ring (bicyclic) bond motifs is 2. The van der Waals surface area contributed by atoms with Crippen LogP contribution < -0.4 is 24.6 Å². The summed E-state index contributed by atoms with van der Waals surface area (Å²) in [7, 11) is 1.55. The van der Waals surface area contributed by atoms with Gasteiger partial charge in [-0.05, 0) is 54.1 Å². The van der Waals surface area contributed by atoms with E-state index in [4.69, 9.17) is 9.47 Å². The molecule has 2 aliphatic rings. The highest BCUT2D eigenvalue weighted by atomic mass is 32.2. The Morgan fingerprint density at radius 2 is 1.73 bits per heavy atom. The number of hydrogen-bond acceptors (Lipinski definition) is 8. The van der Waals surface area contributed by atoms with Crippen LogP contribution in [0.3, 0.4) is 0 Å². The topological polar surface area (TPSA) is 118 Å². The number of para-hydroxylation sites is 1. The van der Waals surface area contributed by atoms with E-state index in [1.54, 1.807) is 61.7 Å². The molecule has 2 N–H and O–H groups in total. The van der Waals surface area contributed by atoms with Crippen molar-refractivity contribution in [2.75, 3.05) is 23.9 Å². The molecule has 9 nitrogen and oxygen atoms in total. The van der Waals surface area contributed by atoms with Gasteiger partial charge < -0.3 is 19.8 Å². The maximum atomic E-state index is 13.9. The van der Waals surface area contributed by atoms with Gasteiger partial charge in [0.25, 0.3) is 5.91 Å². The first-order chi connectivity index (χ1) is 19.4. The standard InChI is InChI=1S/C29H23N3O6S2/c1-37-19-12-10-18(11-13-19)32-27(34)23-22(24-26(31-29(36)40-24)39-25(23)28(32)35)16-6-5-9-20(14-16)38-15-21(33)30-17-7-3-2-4-8-17/h2-14,22-23,25H,15H2,1H3,(H,30,33)(H,31,36)/t22-,23?,25?/m1/s1. The third kappa shape index (κ3) is 4.78. The van der Waals surface area contributed by atoms with Crippen molar-refractivity contribution in [3.63, 3.8) is 0 Å². The number of carbonyl (C=O) groups is 3. The Balaban J connectivity index is 1.29. The SMILES string of the molecule is COc1ccc(N2C(=O)C3Sc4[nH]c(=O)sc4[C@H](c4cccc(OCC(=O)Nc5ccccc5)c4)C3C2=O)cc1. The minimum atomic E-state index is -0.727. The number of nitrogens with one attached hydrogen (secondary N) is 2. The van der Waals surface area contributed by atoms with Crippen molar-refractivity contribution in [2.45, 2.75) is 16.2 Å². The van der Waals surface area contributed by atoms with Crippen LogP contribution in [0.15, 0.2) is 88.7 Å². The molecule has 1 saturated heterocycles. The Bertz CT molecular complexity index is 1650. The molecule has 0 aliphatic carbocycles. The van der Waals surface area contributed by atoms with Crippen LogP contribution in [0, 0.1) is 5.92 Å². The molecule has 4 aromatic rings. The molecule has 3 heterocycles. The fourth-order valence-electron chi connectivity index (χ4n) is 5.03. The molecular formula is C29H23N3O6S2. The fraction of sp³-hybridized carbons (Fsp3) is 0.172. The quantitative estimate of drug-likeness (QED) is 0.317. The number of nitrogens with zero attached hydrogens (tertiary/aromatic N) is 1. The van der Waals surface area contributed by atoms with Crippen molar-refractivity contribution < 1.29 is 23.9 Å². The van der Waals surface area contributed by atoms with Gasteiger partial charge in [-0.15, -0.1) is 0 Å². The number of imide groups is 1. The van der Waals surface area contributed by atoms with Crippen LogP contribution in [0.1, 0.15) is 16.4 Å². The second kappa shape index (κ2) is 10.7. The summed E-state index contributed by atoms with van der Waals surface area (Å²) in [5.41, 5.74) is 1.84. The van der Waals surface area contributed by atoms with Gasteiger partial charge in [-0.1, -0.05) is 53.4 Å². The lowest BCUT2D eigenvalue weighted by Gasteiger charge is -2.30. The molecule has 0 saturated carbocycles. The van der Waals surface area contributed by atoms with Gasteiger partial charge in [0, 0.05) is 16.5 Å². The van der Waals surface area contributed by atoms with Crippen LogP contribution in [0.25, 0.3) is 0 Å². The van der Waals surface area contributed by atoms with E-state index in [0.29, 0.717) is 38.3 Å². The summed E-state index contributed by atoms with van der Waals surface area (Å²) in [5, 5.41) is 2.66. The zero-order chi connectivity index (χ0) is 27.8. The highest BCUT2D eigenvalue weighted by Gasteiger charge is 2.56. The molecule has 1 aromatic heterocycles. The number of H-pyrrole nitrogens is 1. The lowest BCUT2D eigenvalue weighted by atomic mass is 9.83. The Hall–Kier alpha value is -4.35. The van der Waals surface area contributed by atoms with Crippen LogP contribution in [0.2, 0.25) is 0 Å². The van der Waals surface area contributed by atoms with E-state index in [1.807, 2.05) is 24.3 Å². The van der Waals surface area contributed by atoms with Gasteiger partial charge in [0.2, 0.25) is 11.8 Å². The molecule has 0 radical (unpaired) electrons. The number of methoxy groups -OCH3 is 1. The number of anilines is 2. The summed E-state index contributed by atoms with van der Waals surface area (Å²) in [4.78, 5) is 56.7. The van der Waals surface area contributed by atoms with Crippen LogP contribution in [0.4, 0.5) is 11.4 Å². The van der Waals surface area contributed by atoms with E-state index in [-0.39, 0.29) is 29.2 Å². The minimum Gasteiger partial charge on any atom is -0.497 e. The molecule has 0 bridgehead atoms. The number of carbonyl (C=O) groups excluding carboxylic acids is 3. The summed E-state index contributed by atoms with van der Waals surface area (Å²) >= 11 is 2.26. The van der Waals surface area contributed by atoms with Crippen molar-refractivity contribution in [1.29, 1.82) is 0 Å². The van der Waals surface area contributed by atoms with Crippen LogP contribution in [-0.2, 0) is 14.4 Å². The maximum Gasteiger partial charge on any atom is 0.305 e. The molecule has 0 spiro atoms. The van der Waals surface area contributed by atoms with Crippen molar-refractivity contribution in [1.82, 2.24) is 4.98 Å². The molecule has 6 rings (SSSR count). The second-order valence-electron chi connectivity index (χ2n) is 9.24. The van der Waals surface area contributed by atoms with Crippen LogP contribution >= 0.6 is 23.1 Å². The van der Waals surface area contributed by atoms with Gasteiger partial charge in [-0.25, -0.2) is 4.90 Å². The summed E-state index contributed by atoms with van der Waals surface area (Å²) in [6.07, 6.45) is 0. The first kappa shape index (κ1) is 25.9. The number of ether oxygens (including phenoxy) is 2. The zero-order valence-corrected chi connectivity index (χ0v) is 22.8. The predicted octanol–water partition coefficient (Wildman–Crippen LogP) is 4.26. The number of aromatic amines is 1. The van der Waals surface area contributed by atoms with Gasteiger partial charge in [-0.2, -0.15) is 0 Å². The van der Waals surface area contributed by atoms with Gasteiger partial charge in [-0.3, -0.25) is 19.2 Å². The molecule has 3 amide bonds. The van der Waals surface area contributed by atoms with Crippen molar-refractivity contribution in [3.05, 3.63) is 99.0 Å². The minimum absolute atomic E-state index is 0.212.